The molecule has 4 rings (SSSR count). The SMILES string of the molecule is C/C(=N/O)[C@H]1CC=C2C3=CC(=O)[C@@H]4C[C@@H](O)[C@@H](O)C[C@]4(C)C3CC[C@@]21C. The monoisotopic (exact) mass is 359 g/mol. The van der Waals surface area contributed by atoms with Crippen molar-refractivity contribution in [2.75, 3.05) is 0 Å². The van der Waals surface area contributed by atoms with Gasteiger partial charge in [0.25, 0.3) is 0 Å². The highest BCUT2D eigenvalue weighted by molar-refractivity contribution is 5.96. The number of hydrogen-bond donors (Lipinski definition) is 3. The lowest BCUT2D eigenvalue weighted by atomic mass is 9.48. The van der Waals surface area contributed by atoms with Crippen molar-refractivity contribution >= 4 is 11.5 Å². The second-order valence-corrected chi connectivity index (χ2v) is 9.29. The van der Waals surface area contributed by atoms with E-state index in [1.54, 1.807) is 0 Å². The summed E-state index contributed by atoms with van der Waals surface area (Å²) < 4.78 is 0. The van der Waals surface area contributed by atoms with E-state index in [0.29, 0.717) is 12.8 Å². The summed E-state index contributed by atoms with van der Waals surface area (Å²) in [6, 6.07) is 0. The number of fused-ring (bicyclic) bond motifs is 5. The Kier molecular flexibility index (Phi) is 3.98. The molecule has 2 fully saturated rings. The van der Waals surface area contributed by atoms with Crippen LogP contribution in [0, 0.1) is 28.6 Å². The van der Waals surface area contributed by atoms with Gasteiger partial charge in [-0.15, -0.1) is 0 Å². The van der Waals surface area contributed by atoms with Crippen LogP contribution in [0.4, 0.5) is 0 Å². The van der Waals surface area contributed by atoms with Crippen LogP contribution in [0.2, 0.25) is 0 Å². The molecule has 0 spiro atoms. The lowest BCUT2D eigenvalue weighted by Crippen LogP contribution is -2.55. The van der Waals surface area contributed by atoms with E-state index >= 15 is 0 Å². The number of allylic oxidation sites excluding steroid dienone is 4. The quantitative estimate of drug-likeness (QED) is 0.381. The second-order valence-electron chi connectivity index (χ2n) is 9.29. The maximum Gasteiger partial charge on any atom is 0.159 e. The largest absolute Gasteiger partial charge is 0.411 e. The summed E-state index contributed by atoms with van der Waals surface area (Å²) in [7, 11) is 0. The molecular weight excluding hydrogens is 330 g/mol. The summed E-state index contributed by atoms with van der Waals surface area (Å²) in [6.07, 6.45) is 6.07. The normalized spacial score (nSPS) is 48.3. The van der Waals surface area contributed by atoms with E-state index < -0.39 is 12.2 Å². The fraction of sp³-hybridized carbons (Fsp3) is 0.714. The van der Waals surface area contributed by atoms with Crippen LogP contribution < -0.4 is 0 Å². The summed E-state index contributed by atoms with van der Waals surface area (Å²) in [5, 5.41) is 33.1. The maximum atomic E-state index is 12.9. The van der Waals surface area contributed by atoms with Crippen molar-refractivity contribution in [3.8, 4) is 0 Å². The first-order chi connectivity index (χ1) is 12.2. The number of carbonyl (C=O) groups is 1. The van der Waals surface area contributed by atoms with Gasteiger partial charge in [0.15, 0.2) is 5.78 Å². The Morgan fingerprint density at radius 1 is 1.23 bits per heavy atom. The van der Waals surface area contributed by atoms with Gasteiger partial charge in [-0.25, -0.2) is 0 Å². The highest BCUT2D eigenvalue weighted by Gasteiger charge is 2.58. The Labute approximate surface area is 154 Å². The summed E-state index contributed by atoms with van der Waals surface area (Å²) in [6.45, 7) is 6.22. The van der Waals surface area contributed by atoms with Crippen molar-refractivity contribution < 1.29 is 20.2 Å². The van der Waals surface area contributed by atoms with Crippen LogP contribution >= 0.6 is 0 Å². The molecule has 2 saturated carbocycles. The van der Waals surface area contributed by atoms with E-state index in [9.17, 15) is 20.2 Å². The topological polar surface area (TPSA) is 90.1 Å². The molecule has 0 aliphatic heterocycles. The van der Waals surface area contributed by atoms with Gasteiger partial charge in [-0.2, -0.15) is 0 Å². The lowest BCUT2D eigenvalue weighted by molar-refractivity contribution is -0.141. The average molecular weight is 359 g/mol. The molecule has 0 bridgehead atoms. The van der Waals surface area contributed by atoms with E-state index in [-0.39, 0.29) is 34.4 Å². The number of ketones is 1. The van der Waals surface area contributed by atoms with Gasteiger partial charge in [0, 0.05) is 17.3 Å². The van der Waals surface area contributed by atoms with Crippen LogP contribution in [0.1, 0.15) is 52.9 Å². The molecule has 0 radical (unpaired) electrons. The van der Waals surface area contributed by atoms with Crippen molar-refractivity contribution in [2.45, 2.75) is 65.1 Å². The van der Waals surface area contributed by atoms with Crippen LogP contribution in [0.15, 0.2) is 28.5 Å². The fourth-order valence-electron chi connectivity index (χ4n) is 6.50. The third-order valence-corrected chi connectivity index (χ3v) is 8.05. The molecule has 0 aromatic carbocycles. The zero-order chi connectivity index (χ0) is 18.9. The van der Waals surface area contributed by atoms with E-state index in [1.165, 1.54) is 5.57 Å². The molecule has 0 heterocycles. The number of rotatable bonds is 1. The number of nitrogens with zero attached hydrogens (tertiary/aromatic N) is 1. The fourth-order valence-corrected chi connectivity index (χ4v) is 6.50. The maximum absolute atomic E-state index is 12.9. The van der Waals surface area contributed by atoms with Crippen LogP contribution in [-0.4, -0.2) is 39.1 Å². The van der Waals surface area contributed by atoms with Crippen LogP contribution in [-0.2, 0) is 4.79 Å². The number of carbonyl (C=O) groups excluding carboxylic acids is 1. The third-order valence-electron chi connectivity index (χ3n) is 8.05. The molecule has 142 valence electrons. The number of aliphatic hydroxyl groups excluding tert-OH is 2. The van der Waals surface area contributed by atoms with E-state index in [0.717, 1.165) is 30.5 Å². The molecule has 0 amide bonds. The number of oxime groups is 1. The molecule has 5 nitrogen and oxygen atoms in total. The van der Waals surface area contributed by atoms with Gasteiger partial charge >= 0.3 is 0 Å². The van der Waals surface area contributed by atoms with Crippen molar-refractivity contribution in [1.82, 2.24) is 0 Å². The minimum Gasteiger partial charge on any atom is -0.411 e. The first-order valence-electron chi connectivity index (χ1n) is 9.73. The van der Waals surface area contributed by atoms with Gasteiger partial charge in [-0.05, 0) is 67.6 Å². The second kappa shape index (κ2) is 5.77. The summed E-state index contributed by atoms with van der Waals surface area (Å²) in [4.78, 5) is 12.9. The van der Waals surface area contributed by atoms with E-state index in [2.05, 4.69) is 25.1 Å². The predicted octanol–water partition coefficient (Wildman–Crippen LogP) is 2.85. The summed E-state index contributed by atoms with van der Waals surface area (Å²) >= 11 is 0. The highest BCUT2D eigenvalue weighted by atomic mass is 16.4. The molecule has 3 N–H and O–H groups in total. The number of hydrogen-bond acceptors (Lipinski definition) is 5. The van der Waals surface area contributed by atoms with Gasteiger partial charge in [-0.1, -0.05) is 25.1 Å². The molecule has 1 unspecified atom stereocenters. The van der Waals surface area contributed by atoms with Crippen molar-refractivity contribution in [1.29, 1.82) is 0 Å². The standard InChI is InChI=1S/C21H29NO4/c1-11(22-26)13-4-5-14-12-8-17(23)16-9-18(24)19(25)10-21(16,3)15(12)6-7-20(13,14)2/h5,8,13,15-16,18-19,24-26H,4,6-7,9-10H2,1-3H3/b22-11-/t13-,15?,16+,18-,19+,20-,21-/m1/s1. The molecule has 0 aromatic heterocycles. The molecule has 5 heteroatoms. The minimum absolute atomic E-state index is 0.0887. The van der Waals surface area contributed by atoms with Gasteiger partial charge in [0.05, 0.1) is 17.9 Å². The van der Waals surface area contributed by atoms with Crippen LogP contribution in [0.3, 0.4) is 0 Å². The van der Waals surface area contributed by atoms with Gasteiger partial charge in [0.2, 0.25) is 0 Å². The summed E-state index contributed by atoms with van der Waals surface area (Å²) in [5.41, 5.74) is 2.70. The highest BCUT2D eigenvalue weighted by Crippen LogP contribution is 2.63. The molecule has 0 saturated heterocycles. The first kappa shape index (κ1) is 17.9. The van der Waals surface area contributed by atoms with E-state index in [4.69, 9.17) is 0 Å². The average Bonchev–Trinajstić information content (AvgIpc) is 2.94. The summed E-state index contributed by atoms with van der Waals surface area (Å²) in [5.74, 6) is 0.281. The zero-order valence-corrected chi connectivity index (χ0v) is 15.8. The smallest absolute Gasteiger partial charge is 0.159 e. The van der Waals surface area contributed by atoms with Crippen LogP contribution in [0.25, 0.3) is 0 Å². The molecule has 4 aliphatic carbocycles. The Bertz CT molecular complexity index is 738. The third kappa shape index (κ3) is 2.23. The van der Waals surface area contributed by atoms with E-state index in [1.807, 2.05) is 13.0 Å². The lowest BCUT2D eigenvalue weighted by Gasteiger charge is -2.56. The van der Waals surface area contributed by atoms with Gasteiger partial charge in [0.1, 0.15) is 0 Å². The number of aliphatic hydroxyl groups is 2. The Morgan fingerprint density at radius 2 is 1.96 bits per heavy atom. The molecule has 0 aromatic rings. The van der Waals surface area contributed by atoms with Crippen LogP contribution in [0.5, 0.6) is 0 Å². The van der Waals surface area contributed by atoms with Gasteiger partial charge < -0.3 is 15.4 Å². The first-order valence-corrected chi connectivity index (χ1v) is 9.73. The van der Waals surface area contributed by atoms with Gasteiger partial charge in [-0.3, -0.25) is 4.79 Å². The predicted molar refractivity (Wildman–Crippen MR) is 97.9 cm³/mol. The van der Waals surface area contributed by atoms with Crippen molar-refractivity contribution in [3.05, 3.63) is 23.3 Å². The minimum atomic E-state index is -0.806. The molecular formula is C21H29NO4. The Balaban J connectivity index is 1.75. The van der Waals surface area contributed by atoms with Crippen molar-refractivity contribution in [3.63, 3.8) is 0 Å². The molecule has 26 heavy (non-hydrogen) atoms. The zero-order valence-electron chi connectivity index (χ0n) is 15.8. The molecule has 7 atom stereocenters. The Morgan fingerprint density at radius 3 is 2.65 bits per heavy atom. The molecule has 4 aliphatic rings. The Hall–Kier alpha value is -1.46. The van der Waals surface area contributed by atoms with Crippen molar-refractivity contribution in [2.24, 2.45) is 33.7 Å².